The van der Waals surface area contributed by atoms with Crippen LogP contribution in [0.25, 0.3) is 10.9 Å². The third-order valence-corrected chi connectivity index (χ3v) is 7.00. The Hall–Kier alpha value is -4.32. The third-order valence-electron chi connectivity index (χ3n) is 7.00. The lowest BCUT2D eigenvalue weighted by atomic mass is 10.0. The lowest BCUT2D eigenvalue weighted by Gasteiger charge is -2.34. The SMILES string of the molecule is COc1ccc(OC)c(O/N=C2/CCN(c3c(F)cc4c(=O)c(C(=O)O)cn(C5CC5)c4c3OC)CC2N)c1. The molecule has 2 heterocycles. The summed E-state index contributed by atoms with van der Waals surface area (Å²) in [5, 5.41) is 13.7. The zero-order valence-electron chi connectivity index (χ0n) is 21.8. The van der Waals surface area contributed by atoms with Crippen LogP contribution in [0, 0.1) is 5.82 Å². The van der Waals surface area contributed by atoms with Crippen molar-refractivity contribution >= 4 is 28.3 Å². The minimum absolute atomic E-state index is 0.00603. The monoisotopic (exact) mass is 540 g/mol. The molecule has 1 atom stereocenters. The molecule has 206 valence electrons. The lowest BCUT2D eigenvalue weighted by Crippen LogP contribution is -2.49. The summed E-state index contributed by atoms with van der Waals surface area (Å²) in [6.45, 7) is 0.557. The molecule has 11 nitrogen and oxygen atoms in total. The van der Waals surface area contributed by atoms with Gasteiger partial charge in [0.2, 0.25) is 11.2 Å². The summed E-state index contributed by atoms with van der Waals surface area (Å²) in [5.74, 6) is -0.490. The van der Waals surface area contributed by atoms with E-state index in [0.717, 1.165) is 18.9 Å². The first-order chi connectivity index (χ1) is 18.8. The van der Waals surface area contributed by atoms with E-state index in [4.69, 9.17) is 24.8 Å². The van der Waals surface area contributed by atoms with Gasteiger partial charge >= 0.3 is 5.97 Å². The number of carbonyl (C=O) groups is 1. The number of pyridine rings is 1. The maximum Gasteiger partial charge on any atom is 0.341 e. The van der Waals surface area contributed by atoms with Gasteiger partial charge in [-0.15, -0.1) is 0 Å². The van der Waals surface area contributed by atoms with Crippen LogP contribution in [-0.4, -0.2) is 61.8 Å². The van der Waals surface area contributed by atoms with Gasteiger partial charge in [-0.3, -0.25) is 4.79 Å². The number of piperidine rings is 1. The first kappa shape index (κ1) is 26.3. The Morgan fingerprint density at radius 2 is 1.90 bits per heavy atom. The fraction of sp³-hybridized carbons (Fsp3) is 0.370. The summed E-state index contributed by atoms with van der Waals surface area (Å²) in [6, 6.07) is 5.59. The van der Waals surface area contributed by atoms with Crippen LogP contribution in [0.15, 0.2) is 40.4 Å². The zero-order chi connectivity index (χ0) is 27.8. The Morgan fingerprint density at radius 3 is 2.51 bits per heavy atom. The second-order valence-electron chi connectivity index (χ2n) is 9.45. The molecule has 0 radical (unpaired) electrons. The molecule has 2 fully saturated rings. The van der Waals surface area contributed by atoms with Crippen molar-refractivity contribution in [3.8, 4) is 23.0 Å². The van der Waals surface area contributed by atoms with Crippen LogP contribution >= 0.6 is 0 Å². The molecule has 3 aromatic rings. The fourth-order valence-corrected chi connectivity index (χ4v) is 4.87. The van der Waals surface area contributed by atoms with E-state index in [0.29, 0.717) is 41.4 Å². The summed E-state index contributed by atoms with van der Waals surface area (Å²) in [4.78, 5) is 32.0. The molecular weight excluding hydrogens is 511 g/mol. The molecule has 1 aliphatic carbocycles. The van der Waals surface area contributed by atoms with Crippen molar-refractivity contribution in [3.05, 3.63) is 52.1 Å². The average Bonchev–Trinajstić information content (AvgIpc) is 3.77. The number of ether oxygens (including phenoxy) is 3. The number of carboxylic acid groups (broad SMARTS) is 1. The van der Waals surface area contributed by atoms with Gasteiger partial charge in [0.25, 0.3) is 0 Å². The number of anilines is 1. The van der Waals surface area contributed by atoms with Crippen molar-refractivity contribution in [2.24, 2.45) is 10.9 Å². The van der Waals surface area contributed by atoms with Crippen molar-refractivity contribution < 1.29 is 33.3 Å². The van der Waals surface area contributed by atoms with Gasteiger partial charge in [-0.05, 0) is 31.0 Å². The molecule has 0 amide bonds. The van der Waals surface area contributed by atoms with Crippen LogP contribution in [0.3, 0.4) is 0 Å². The van der Waals surface area contributed by atoms with Crippen LogP contribution in [0.1, 0.15) is 35.7 Å². The molecule has 3 N–H and O–H groups in total. The van der Waals surface area contributed by atoms with Crippen molar-refractivity contribution in [3.63, 3.8) is 0 Å². The van der Waals surface area contributed by atoms with Crippen LogP contribution in [0.2, 0.25) is 0 Å². The molecule has 0 bridgehead atoms. The minimum atomic E-state index is -1.36. The lowest BCUT2D eigenvalue weighted by molar-refractivity contribution is 0.0694. The first-order valence-electron chi connectivity index (χ1n) is 12.4. The van der Waals surface area contributed by atoms with Crippen molar-refractivity contribution in [1.29, 1.82) is 0 Å². The number of aromatic nitrogens is 1. The van der Waals surface area contributed by atoms with Gasteiger partial charge in [0, 0.05) is 37.8 Å². The summed E-state index contributed by atoms with van der Waals surface area (Å²) < 4.78 is 33.6. The Balaban J connectivity index is 1.48. The highest BCUT2D eigenvalue weighted by Crippen LogP contribution is 2.44. The van der Waals surface area contributed by atoms with Gasteiger partial charge in [0.1, 0.15) is 17.0 Å². The Morgan fingerprint density at radius 1 is 1.13 bits per heavy atom. The molecule has 1 aromatic heterocycles. The predicted molar refractivity (Wildman–Crippen MR) is 142 cm³/mol. The number of methoxy groups -OCH3 is 3. The number of carboxylic acids is 1. The highest BCUT2D eigenvalue weighted by Gasteiger charge is 2.33. The van der Waals surface area contributed by atoms with Gasteiger partial charge in [-0.25, -0.2) is 9.18 Å². The number of oxime groups is 1. The summed E-state index contributed by atoms with van der Waals surface area (Å²) in [5.41, 5.74) is 6.37. The number of fused-ring (bicyclic) bond motifs is 1. The molecule has 39 heavy (non-hydrogen) atoms. The molecule has 12 heteroatoms. The van der Waals surface area contributed by atoms with Crippen LogP contribution in [0.4, 0.5) is 10.1 Å². The van der Waals surface area contributed by atoms with Crippen molar-refractivity contribution in [2.75, 3.05) is 39.3 Å². The average molecular weight is 541 g/mol. The normalized spacial score (nSPS) is 18.3. The quantitative estimate of drug-likeness (QED) is 0.413. The van der Waals surface area contributed by atoms with Gasteiger partial charge < -0.3 is 39.4 Å². The number of aromatic carboxylic acids is 1. The van der Waals surface area contributed by atoms with E-state index in [9.17, 15) is 14.7 Å². The molecule has 2 aromatic carbocycles. The van der Waals surface area contributed by atoms with Crippen LogP contribution in [0.5, 0.6) is 23.0 Å². The van der Waals surface area contributed by atoms with Crippen LogP contribution in [-0.2, 0) is 0 Å². The maximum atomic E-state index is 15.6. The summed E-state index contributed by atoms with van der Waals surface area (Å²) in [6.07, 6.45) is 3.34. The van der Waals surface area contributed by atoms with Gasteiger partial charge in [0.15, 0.2) is 17.3 Å². The third kappa shape index (κ3) is 4.83. The van der Waals surface area contributed by atoms with Crippen molar-refractivity contribution in [1.82, 2.24) is 4.57 Å². The topological polar surface area (TPSA) is 138 Å². The molecule has 1 unspecified atom stereocenters. The minimum Gasteiger partial charge on any atom is -0.497 e. The van der Waals surface area contributed by atoms with E-state index in [1.54, 1.807) is 34.8 Å². The molecule has 1 aliphatic heterocycles. The second-order valence-corrected chi connectivity index (χ2v) is 9.45. The van der Waals surface area contributed by atoms with Gasteiger partial charge in [-0.1, -0.05) is 5.16 Å². The maximum absolute atomic E-state index is 15.6. The van der Waals surface area contributed by atoms with E-state index < -0.39 is 28.8 Å². The number of hydrogen-bond acceptors (Lipinski definition) is 9. The number of hydrogen-bond donors (Lipinski definition) is 2. The molecular formula is C27H29FN4O7. The van der Waals surface area contributed by atoms with E-state index in [1.807, 2.05) is 0 Å². The predicted octanol–water partition coefficient (Wildman–Crippen LogP) is 3.17. The molecule has 1 saturated carbocycles. The standard InChI is InChI=1S/C27H29FN4O7/c1-36-15-6-7-21(37-2)22(10-15)39-30-20-8-9-31(13-19(20)29)24-18(28)11-16-23(26(24)38-3)32(14-4-5-14)12-17(25(16)33)27(34)35/h6-7,10-12,14,19H,4-5,8-9,13,29H2,1-3H3,(H,34,35)/b30-20-. The number of nitrogens with two attached hydrogens (primary N) is 1. The first-order valence-corrected chi connectivity index (χ1v) is 12.4. The van der Waals surface area contributed by atoms with Crippen LogP contribution < -0.4 is 35.1 Å². The highest BCUT2D eigenvalue weighted by molar-refractivity contribution is 5.98. The number of rotatable bonds is 8. The van der Waals surface area contributed by atoms with Crippen molar-refractivity contribution in [2.45, 2.75) is 31.3 Å². The smallest absolute Gasteiger partial charge is 0.341 e. The Labute approximate surface area is 223 Å². The van der Waals surface area contributed by atoms with E-state index >= 15 is 4.39 Å². The molecule has 0 spiro atoms. The Bertz CT molecular complexity index is 1530. The summed E-state index contributed by atoms with van der Waals surface area (Å²) in [7, 11) is 4.46. The van der Waals surface area contributed by atoms with Gasteiger partial charge in [-0.2, -0.15) is 0 Å². The number of nitrogens with zero attached hydrogens (tertiary/aromatic N) is 3. The van der Waals surface area contributed by atoms with E-state index in [-0.39, 0.29) is 29.4 Å². The Kier molecular flexibility index (Phi) is 7.04. The number of benzene rings is 2. The molecule has 5 rings (SSSR count). The largest absolute Gasteiger partial charge is 0.497 e. The highest BCUT2D eigenvalue weighted by atomic mass is 19.1. The summed E-state index contributed by atoms with van der Waals surface area (Å²) >= 11 is 0. The van der Waals surface area contributed by atoms with E-state index in [1.165, 1.54) is 20.4 Å². The number of halogens is 1. The van der Waals surface area contributed by atoms with Gasteiger partial charge in [0.05, 0.1) is 44.0 Å². The van der Waals surface area contributed by atoms with E-state index in [2.05, 4.69) is 5.16 Å². The fourth-order valence-electron chi connectivity index (χ4n) is 4.87. The second kappa shape index (κ2) is 10.4. The molecule has 1 saturated heterocycles. The zero-order valence-corrected chi connectivity index (χ0v) is 21.8. The molecule has 2 aliphatic rings.